The van der Waals surface area contributed by atoms with Crippen LogP contribution in [0.5, 0.6) is 0 Å². The minimum absolute atomic E-state index is 0.123. The van der Waals surface area contributed by atoms with Crippen molar-refractivity contribution in [3.8, 4) is 0 Å². The molecule has 1 aromatic heterocycles. The lowest BCUT2D eigenvalue weighted by molar-refractivity contribution is -0.117. The molecule has 2 aromatic rings. The van der Waals surface area contributed by atoms with E-state index in [0.29, 0.717) is 37.6 Å². The summed E-state index contributed by atoms with van der Waals surface area (Å²) in [5.41, 5.74) is 0.743. The summed E-state index contributed by atoms with van der Waals surface area (Å²) in [5, 5.41) is 8.92. The number of nitrogens with one attached hydrogen (secondary N) is 2. The Morgan fingerprint density at radius 1 is 1.24 bits per heavy atom. The molecule has 1 aromatic carbocycles. The number of H-pyrrole nitrogens is 1. The van der Waals surface area contributed by atoms with Gasteiger partial charge in [0.1, 0.15) is 10.8 Å². The van der Waals surface area contributed by atoms with Gasteiger partial charge in [-0.1, -0.05) is 11.6 Å². The molecule has 7 nitrogen and oxygen atoms in total. The molecule has 2 N–H and O–H groups in total. The Bertz CT molecular complexity index is 803. The second-order valence-electron chi connectivity index (χ2n) is 5.72. The number of nitrogens with zero attached hydrogens (tertiary/aromatic N) is 3. The predicted octanol–water partition coefficient (Wildman–Crippen LogP) is 1.32. The maximum atomic E-state index is 12.9. The molecule has 1 aliphatic heterocycles. The Kier molecular flexibility index (Phi) is 5.30. The maximum absolute atomic E-state index is 12.9. The van der Waals surface area contributed by atoms with Crippen LogP contribution in [0.2, 0.25) is 5.02 Å². The van der Waals surface area contributed by atoms with Gasteiger partial charge in [-0.3, -0.25) is 14.5 Å². The number of hydrogen-bond acceptors (Lipinski definition) is 5. The Morgan fingerprint density at radius 3 is 2.60 bits per heavy atom. The van der Waals surface area contributed by atoms with Gasteiger partial charge in [-0.2, -0.15) is 5.10 Å². The normalized spacial score (nSPS) is 15.2. The third-order valence-electron chi connectivity index (χ3n) is 3.99. The van der Waals surface area contributed by atoms with Gasteiger partial charge in [0, 0.05) is 31.9 Å². The molecule has 1 saturated heterocycles. The van der Waals surface area contributed by atoms with Crippen molar-refractivity contribution in [1.82, 2.24) is 15.1 Å². The number of hydrogen-bond donors (Lipinski definition) is 2. The predicted molar refractivity (Wildman–Crippen MR) is 93.6 cm³/mol. The molecule has 0 unspecified atom stereocenters. The monoisotopic (exact) mass is 365 g/mol. The van der Waals surface area contributed by atoms with Crippen LogP contribution in [-0.4, -0.2) is 53.7 Å². The molecule has 0 bridgehead atoms. The number of carbonyl (C=O) groups excluding carboxylic acids is 1. The topological polar surface area (TPSA) is 81.3 Å². The quantitative estimate of drug-likeness (QED) is 0.854. The third-order valence-corrected chi connectivity index (χ3v) is 4.35. The highest BCUT2D eigenvalue weighted by Crippen LogP contribution is 2.21. The summed E-state index contributed by atoms with van der Waals surface area (Å²) < 4.78 is 12.9. The summed E-state index contributed by atoms with van der Waals surface area (Å²) in [4.78, 5) is 27.6. The Balaban J connectivity index is 1.52. The smallest absolute Gasteiger partial charge is 0.285 e. The Hall–Kier alpha value is -2.45. The molecule has 0 atom stereocenters. The third kappa shape index (κ3) is 4.34. The number of amides is 1. The van der Waals surface area contributed by atoms with E-state index >= 15 is 0 Å². The van der Waals surface area contributed by atoms with Crippen molar-refractivity contribution in [3.05, 3.63) is 51.7 Å². The van der Waals surface area contributed by atoms with Gasteiger partial charge in [0.25, 0.3) is 5.56 Å². The van der Waals surface area contributed by atoms with Crippen LogP contribution in [0.1, 0.15) is 0 Å². The summed E-state index contributed by atoms with van der Waals surface area (Å²) in [5.74, 6) is -0.502. The number of piperazine rings is 1. The van der Waals surface area contributed by atoms with E-state index in [2.05, 4.69) is 15.5 Å². The van der Waals surface area contributed by atoms with Gasteiger partial charge < -0.3 is 10.2 Å². The van der Waals surface area contributed by atoms with Gasteiger partial charge in [0.15, 0.2) is 0 Å². The number of halogens is 2. The highest BCUT2D eigenvalue weighted by atomic mass is 35.5. The first kappa shape index (κ1) is 17.4. The van der Waals surface area contributed by atoms with E-state index in [0.717, 1.165) is 0 Å². The minimum atomic E-state index is -0.416. The summed E-state index contributed by atoms with van der Waals surface area (Å²) in [6.45, 7) is 2.82. The van der Waals surface area contributed by atoms with Crippen LogP contribution in [0.4, 0.5) is 15.8 Å². The molecular formula is C16H17ClFN5O2. The van der Waals surface area contributed by atoms with E-state index < -0.39 is 5.56 Å². The molecule has 2 heterocycles. The fourth-order valence-corrected chi connectivity index (χ4v) is 2.89. The molecule has 0 spiro atoms. The van der Waals surface area contributed by atoms with Crippen molar-refractivity contribution in [3.63, 3.8) is 0 Å². The second kappa shape index (κ2) is 7.62. The van der Waals surface area contributed by atoms with Crippen LogP contribution in [0.15, 0.2) is 35.3 Å². The number of aromatic amines is 1. The number of carbonyl (C=O) groups is 1. The second-order valence-corrected chi connectivity index (χ2v) is 6.09. The van der Waals surface area contributed by atoms with E-state index in [4.69, 9.17) is 11.6 Å². The SMILES string of the molecule is O=C(CN1CCN(c2cn[nH]c(=O)c2Cl)CC1)Nc1ccc(F)cc1. The van der Waals surface area contributed by atoms with Gasteiger partial charge >= 0.3 is 0 Å². The van der Waals surface area contributed by atoms with Crippen LogP contribution >= 0.6 is 11.6 Å². The maximum Gasteiger partial charge on any atom is 0.285 e. The van der Waals surface area contributed by atoms with Gasteiger partial charge in [-0.25, -0.2) is 9.49 Å². The van der Waals surface area contributed by atoms with Crippen molar-refractivity contribution >= 4 is 28.9 Å². The van der Waals surface area contributed by atoms with Crippen LogP contribution in [0.25, 0.3) is 0 Å². The lowest BCUT2D eigenvalue weighted by Gasteiger charge is -2.35. The average Bonchev–Trinajstić information content (AvgIpc) is 2.60. The fraction of sp³-hybridized carbons (Fsp3) is 0.312. The minimum Gasteiger partial charge on any atom is -0.366 e. The van der Waals surface area contributed by atoms with Gasteiger partial charge in [0.05, 0.1) is 18.4 Å². The summed E-state index contributed by atoms with van der Waals surface area (Å²) in [6, 6.07) is 5.64. The van der Waals surface area contributed by atoms with Gasteiger partial charge in [-0.15, -0.1) is 0 Å². The average molecular weight is 366 g/mol. The van der Waals surface area contributed by atoms with E-state index in [9.17, 15) is 14.0 Å². The van der Waals surface area contributed by atoms with Crippen molar-refractivity contribution in [1.29, 1.82) is 0 Å². The largest absolute Gasteiger partial charge is 0.366 e. The molecule has 132 valence electrons. The molecule has 0 radical (unpaired) electrons. The molecule has 9 heteroatoms. The zero-order valence-corrected chi connectivity index (χ0v) is 14.1. The van der Waals surface area contributed by atoms with Crippen molar-refractivity contribution in [2.45, 2.75) is 0 Å². The zero-order valence-electron chi connectivity index (χ0n) is 13.3. The van der Waals surface area contributed by atoms with Crippen LogP contribution in [-0.2, 0) is 4.79 Å². The number of anilines is 2. The van der Waals surface area contributed by atoms with Gasteiger partial charge in [0.2, 0.25) is 5.91 Å². The molecule has 1 aliphatic rings. The Labute approximate surface area is 148 Å². The van der Waals surface area contributed by atoms with E-state index in [1.165, 1.54) is 30.5 Å². The molecule has 0 aliphatic carbocycles. The molecule has 25 heavy (non-hydrogen) atoms. The van der Waals surface area contributed by atoms with Crippen LogP contribution in [0, 0.1) is 5.82 Å². The number of aromatic nitrogens is 2. The lowest BCUT2D eigenvalue weighted by atomic mass is 10.2. The first-order chi connectivity index (χ1) is 12.0. The first-order valence-corrected chi connectivity index (χ1v) is 8.16. The zero-order chi connectivity index (χ0) is 17.8. The van der Waals surface area contributed by atoms with E-state index in [1.54, 1.807) is 0 Å². The molecule has 1 amide bonds. The first-order valence-electron chi connectivity index (χ1n) is 7.79. The van der Waals surface area contributed by atoms with Crippen molar-refractivity contribution < 1.29 is 9.18 Å². The molecule has 1 fully saturated rings. The van der Waals surface area contributed by atoms with Crippen molar-refractivity contribution in [2.24, 2.45) is 0 Å². The molecule has 0 saturated carbocycles. The fourth-order valence-electron chi connectivity index (χ4n) is 2.68. The Morgan fingerprint density at radius 2 is 1.92 bits per heavy atom. The van der Waals surface area contributed by atoms with E-state index in [-0.39, 0.29) is 23.3 Å². The van der Waals surface area contributed by atoms with Gasteiger partial charge in [-0.05, 0) is 24.3 Å². The highest BCUT2D eigenvalue weighted by molar-refractivity contribution is 6.33. The standard InChI is InChI=1S/C16H17ClFN5O2/c17-15-13(9-19-21-16(15)25)23-7-5-22(6-8-23)10-14(24)20-12-3-1-11(18)2-4-12/h1-4,9H,5-8,10H2,(H,20,24)(H,21,25). The van der Waals surface area contributed by atoms with Crippen LogP contribution < -0.4 is 15.8 Å². The lowest BCUT2D eigenvalue weighted by Crippen LogP contribution is -2.49. The molecule has 3 rings (SSSR count). The summed E-state index contributed by atoms with van der Waals surface area (Å²) in [6.07, 6.45) is 1.53. The van der Waals surface area contributed by atoms with Crippen LogP contribution in [0.3, 0.4) is 0 Å². The summed E-state index contributed by atoms with van der Waals surface area (Å²) in [7, 11) is 0. The van der Waals surface area contributed by atoms with Crippen molar-refractivity contribution in [2.75, 3.05) is 42.9 Å². The summed E-state index contributed by atoms with van der Waals surface area (Å²) >= 11 is 6.02. The number of benzene rings is 1. The number of rotatable bonds is 4. The molecular weight excluding hydrogens is 349 g/mol. The van der Waals surface area contributed by atoms with E-state index in [1.807, 2.05) is 9.80 Å². The highest BCUT2D eigenvalue weighted by Gasteiger charge is 2.21.